The second-order valence-corrected chi connectivity index (χ2v) is 5.10. The van der Waals surface area contributed by atoms with Crippen LogP contribution in [-0.2, 0) is 6.54 Å². The van der Waals surface area contributed by atoms with Gasteiger partial charge in [-0.1, -0.05) is 6.92 Å². The molecular weight excluding hydrogens is 238 g/mol. The van der Waals surface area contributed by atoms with E-state index in [9.17, 15) is 0 Å². The van der Waals surface area contributed by atoms with Crippen molar-refractivity contribution in [3.63, 3.8) is 0 Å². The van der Waals surface area contributed by atoms with E-state index in [4.69, 9.17) is 0 Å². The van der Waals surface area contributed by atoms with Crippen LogP contribution in [-0.4, -0.2) is 26.6 Å². The number of nitrogens with zero attached hydrogens (tertiary/aromatic N) is 4. The Labute approximate surface area is 114 Å². The molecule has 0 fully saturated rings. The summed E-state index contributed by atoms with van der Waals surface area (Å²) in [4.78, 5) is 0. The van der Waals surface area contributed by atoms with Crippen molar-refractivity contribution < 1.29 is 0 Å². The Morgan fingerprint density at radius 3 is 2.74 bits per heavy atom. The van der Waals surface area contributed by atoms with E-state index >= 15 is 0 Å². The summed E-state index contributed by atoms with van der Waals surface area (Å²) in [7, 11) is 1.98. The quantitative estimate of drug-likeness (QED) is 0.868. The predicted molar refractivity (Wildman–Crippen MR) is 76.0 cm³/mol. The molecule has 2 heterocycles. The molecule has 5 heteroatoms. The molecule has 1 unspecified atom stereocenters. The lowest BCUT2D eigenvalue weighted by Crippen LogP contribution is -2.14. The van der Waals surface area contributed by atoms with Gasteiger partial charge in [0.05, 0.1) is 18.4 Å². The van der Waals surface area contributed by atoms with Crippen LogP contribution >= 0.6 is 0 Å². The smallest absolute Gasteiger partial charge is 0.0849 e. The molecule has 0 aliphatic heterocycles. The molecule has 5 nitrogen and oxygen atoms in total. The summed E-state index contributed by atoms with van der Waals surface area (Å²) in [5.74, 6) is 0. The highest BCUT2D eigenvalue weighted by atomic mass is 15.3. The van der Waals surface area contributed by atoms with Crippen LogP contribution < -0.4 is 5.32 Å². The molecule has 0 spiro atoms. The van der Waals surface area contributed by atoms with E-state index in [1.807, 2.05) is 28.8 Å². The third kappa shape index (κ3) is 3.23. The third-order valence-corrected chi connectivity index (χ3v) is 3.33. The molecule has 0 aliphatic carbocycles. The van der Waals surface area contributed by atoms with Gasteiger partial charge in [-0.3, -0.25) is 9.36 Å². The Morgan fingerprint density at radius 1 is 1.37 bits per heavy atom. The molecule has 19 heavy (non-hydrogen) atoms. The summed E-state index contributed by atoms with van der Waals surface area (Å²) in [6.07, 6.45) is 7.11. The number of rotatable bonds is 6. The van der Waals surface area contributed by atoms with Gasteiger partial charge in [-0.05, 0) is 33.4 Å². The first-order valence-electron chi connectivity index (χ1n) is 6.87. The molecule has 0 aliphatic rings. The fourth-order valence-corrected chi connectivity index (χ4v) is 2.17. The average Bonchev–Trinajstić information content (AvgIpc) is 3.01. The van der Waals surface area contributed by atoms with E-state index in [0.717, 1.165) is 18.7 Å². The molecule has 1 atom stereocenters. The normalized spacial score (nSPS) is 13.1. The van der Waals surface area contributed by atoms with Crippen molar-refractivity contribution in [1.29, 1.82) is 0 Å². The van der Waals surface area contributed by atoms with Crippen molar-refractivity contribution in [3.8, 4) is 0 Å². The highest BCUT2D eigenvalue weighted by molar-refractivity contribution is 5.11. The topological polar surface area (TPSA) is 47.7 Å². The summed E-state index contributed by atoms with van der Waals surface area (Å²) in [5.41, 5.74) is 2.27. The molecule has 0 saturated heterocycles. The molecule has 104 valence electrons. The van der Waals surface area contributed by atoms with Crippen molar-refractivity contribution in [2.24, 2.45) is 0 Å². The molecule has 0 amide bonds. The van der Waals surface area contributed by atoms with Crippen molar-refractivity contribution in [2.75, 3.05) is 7.05 Å². The Hall–Kier alpha value is -1.62. The van der Waals surface area contributed by atoms with Gasteiger partial charge in [0, 0.05) is 30.0 Å². The van der Waals surface area contributed by atoms with Gasteiger partial charge in [0.25, 0.3) is 0 Å². The van der Waals surface area contributed by atoms with E-state index < -0.39 is 0 Å². The summed E-state index contributed by atoms with van der Waals surface area (Å²) < 4.78 is 3.92. The lowest BCUT2D eigenvalue weighted by molar-refractivity contribution is 0.520. The van der Waals surface area contributed by atoms with Gasteiger partial charge >= 0.3 is 0 Å². The monoisotopic (exact) mass is 261 g/mol. The van der Waals surface area contributed by atoms with Gasteiger partial charge in [0.15, 0.2) is 0 Å². The summed E-state index contributed by atoms with van der Waals surface area (Å²) in [6.45, 7) is 7.14. The summed E-state index contributed by atoms with van der Waals surface area (Å²) in [5, 5.41) is 12.2. The van der Waals surface area contributed by atoms with Crippen LogP contribution in [0, 0.1) is 0 Å². The standard InChI is InChI=1S/C14H23N5/c1-5-14(15-4)12-8-16-18(9-12)10-13-6-7-19(17-13)11(2)3/h6-9,11,14-15H,5,10H2,1-4H3. The van der Waals surface area contributed by atoms with E-state index in [-0.39, 0.29) is 0 Å². The van der Waals surface area contributed by atoms with Crippen LogP contribution in [0.15, 0.2) is 24.7 Å². The number of hydrogen-bond donors (Lipinski definition) is 1. The maximum absolute atomic E-state index is 4.54. The van der Waals surface area contributed by atoms with Crippen molar-refractivity contribution >= 4 is 0 Å². The minimum absolute atomic E-state index is 0.377. The maximum atomic E-state index is 4.54. The second kappa shape index (κ2) is 6.02. The molecule has 2 aromatic rings. The second-order valence-electron chi connectivity index (χ2n) is 5.10. The molecule has 2 aromatic heterocycles. The Morgan fingerprint density at radius 2 is 2.16 bits per heavy atom. The van der Waals surface area contributed by atoms with Crippen LogP contribution in [0.25, 0.3) is 0 Å². The van der Waals surface area contributed by atoms with Crippen LogP contribution in [0.2, 0.25) is 0 Å². The van der Waals surface area contributed by atoms with E-state index in [0.29, 0.717) is 12.1 Å². The maximum Gasteiger partial charge on any atom is 0.0849 e. The lowest BCUT2D eigenvalue weighted by atomic mass is 10.1. The highest BCUT2D eigenvalue weighted by Gasteiger charge is 2.10. The first-order chi connectivity index (χ1) is 9.13. The molecular formula is C14H23N5. The van der Waals surface area contributed by atoms with Gasteiger partial charge in [-0.25, -0.2) is 0 Å². The number of aromatic nitrogens is 4. The number of hydrogen-bond acceptors (Lipinski definition) is 3. The molecule has 2 rings (SSSR count). The zero-order valence-electron chi connectivity index (χ0n) is 12.2. The average molecular weight is 261 g/mol. The van der Waals surface area contributed by atoms with Crippen LogP contribution in [0.5, 0.6) is 0 Å². The van der Waals surface area contributed by atoms with Crippen LogP contribution in [0.3, 0.4) is 0 Å². The van der Waals surface area contributed by atoms with E-state index in [2.05, 4.69) is 48.5 Å². The van der Waals surface area contributed by atoms with Gasteiger partial charge in [-0.2, -0.15) is 10.2 Å². The summed E-state index contributed by atoms with van der Waals surface area (Å²) in [6, 6.07) is 2.83. The van der Waals surface area contributed by atoms with Crippen molar-refractivity contribution in [1.82, 2.24) is 24.9 Å². The molecule has 0 saturated carbocycles. The van der Waals surface area contributed by atoms with E-state index in [1.54, 1.807) is 0 Å². The van der Waals surface area contributed by atoms with Crippen molar-refractivity contribution in [3.05, 3.63) is 35.9 Å². The molecule has 0 bridgehead atoms. The fourth-order valence-electron chi connectivity index (χ4n) is 2.17. The van der Waals surface area contributed by atoms with E-state index in [1.165, 1.54) is 5.56 Å². The zero-order chi connectivity index (χ0) is 13.8. The van der Waals surface area contributed by atoms with Gasteiger partial charge < -0.3 is 5.32 Å². The third-order valence-electron chi connectivity index (χ3n) is 3.33. The Bertz CT molecular complexity index is 507. The van der Waals surface area contributed by atoms with Gasteiger partial charge in [0.2, 0.25) is 0 Å². The van der Waals surface area contributed by atoms with Crippen molar-refractivity contribution in [2.45, 2.75) is 45.8 Å². The summed E-state index contributed by atoms with van der Waals surface area (Å²) >= 11 is 0. The Kier molecular flexibility index (Phi) is 4.37. The number of nitrogens with one attached hydrogen (secondary N) is 1. The SMILES string of the molecule is CCC(NC)c1cnn(Cc2ccn(C(C)C)n2)c1. The minimum Gasteiger partial charge on any atom is -0.313 e. The van der Waals surface area contributed by atoms with Gasteiger partial charge in [-0.15, -0.1) is 0 Å². The van der Waals surface area contributed by atoms with Crippen LogP contribution in [0.4, 0.5) is 0 Å². The van der Waals surface area contributed by atoms with Gasteiger partial charge in [0.1, 0.15) is 0 Å². The van der Waals surface area contributed by atoms with Crippen LogP contribution in [0.1, 0.15) is 50.5 Å². The molecule has 0 radical (unpaired) electrons. The zero-order valence-corrected chi connectivity index (χ0v) is 12.2. The largest absolute Gasteiger partial charge is 0.313 e. The first kappa shape index (κ1) is 13.8. The fraction of sp³-hybridized carbons (Fsp3) is 0.571. The highest BCUT2D eigenvalue weighted by Crippen LogP contribution is 2.15. The predicted octanol–water partition coefficient (Wildman–Crippen LogP) is 2.38. The Balaban J connectivity index is 2.06. The molecule has 0 aromatic carbocycles. The first-order valence-corrected chi connectivity index (χ1v) is 6.87. The molecule has 1 N–H and O–H groups in total. The lowest BCUT2D eigenvalue weighted by Gasteiger charge is -2.10. The minimum atomic E-state index is 0.377.